The molecule has 0 spiro atoms. The fraction of sp³-hybridized carbons (Fsp3) is 0.0526. The third kappa shape index (κ3) is 8.19. The number of aliphatic carboxylic acids is 2. The highest BCUT2D eigenvalue weighted by atomic mass is 16.4. The Hall–Kier alpha value is -3.34. The molecule has 0 heterocycles. The van der Waals surface area contributed by atoms with Gasteiger partial charge in [-0.1, -0.05) is 42.0 Å². The van der Waals surface area contributed by atoms with E-state index in [1.54, 1.807) is 18.2 Å². The highest BCUT2D eigenvalue weighted by molar-refractivity contribution is 5.85. The molecule has 0 aromatic heterocycles. The maximum absolute atomic E-state index is 10.2. The molecule has 0 aliphatic heterocycles. The van der Waals surface area contributed by atoms with Crippen LogP contribution >= 0.6 is 0 Å². The number of hydrogen-bond acceptors (Lipinski definition) is 3. The molecule has 3 N–H and O–H groups in total. The van der Waals surface area contributed by atoms with E-state index in [1.807, 2.05) is 31.2 Å². The van der Waals surface area contributed by atoms with Crippen molar-refractivity contribution in [2.24, 2.45) is 0 Å². The van der Waals surface area contributed by atoms with Gasteiger partial charge < -0.3 is 15.3 Å². The van der Waals surface area contributed by atoms with E-state index in [0.717, 1.165) is 23.3 Å². The first-order valence-corrected chi connectivity index (χ1v) is 7.04. The molecule has 2 aromatic carbocycles. The third-order valence-corrected chi connectivity index (χ3v) is 2.75. The number of carbonyl (C=O) groups is 2. The molecule has 2 aromatic rings. The van der Waals surface area contributed by atoms with Crippen molar-refractivity contribution in [3.63, 3.8) is 0 Å². The van der Waals surface area contributed by atoms with E-state index >= 15 is 0 Å². The topological polar surface area (TPSA) is 94.8 Å². The van der Waals surface area contributed by atoms with Gasteiger partial charge >= 0.3 is 11.9 Å². The van der Waals surface area contributed by atoms with Crippen LogP contribution in [-0.4, -0.2) is 27.3 Å². The smallest absolute Gasteiger partial charge is 0.328 e. The van der Waals surface area contributed by atoms with Gasteiger partial charge in [0.05, 0.1) is 0 Å². The van der Waals surface area contributed by atoms with E-state index < -0.39 is 11.9 Å². The summed E-state index contributed by atoms with van der Waals surface area (Å²) in [5.74, 6) is -1.79. The van der Waals surface area contributed by atoms with Crippen LogP contribution in [0.3, 0.4) is 0 Å². The SMILES string of the molecule is Cc1cccc(/C=C/C(=O)O)c1.O=C(O)/C=C/c1cccc(O)c1. The molecule has 0 atom stereocenters. The Bertz CT molecular complexity index is 694. The molecular formula is C19H18O5. The average molecular weight is 326 g/mol. The molecule has 0 saturated heterocycles. The Balaban J connectivity index is 0.000000240. The zero-order chi connectivity index (χ0) is 17.9. The molecule has 24 heavy (non-hydrogen) atoms. The van der Waals surface area contributed by atoms with E-state index in [1.165, 1.54) is 18.2 Å². The minimum atomic E-state index is -1.00. The van der Waals surface area contributed by atoms with Gasteiger partial charge in [-0.2, -0.15) is 0 Å². The Morgan fingerprint density at radius 2 is 1.33 bits per heavy atom. The van der Waals surface area contributed by atoms with Crippen molar-refractivity contribution in [3.05, 3.63) is 77.4 Å². The van der Waals surface area contributed by atoms with E-state index in [9.17, 15) is 9.59 Å². The zero-order valence-corrected chi connectivity index (χ0v) is 13.1. The lowest BCUT2D eigenvalue weighted by Gasteiger charge is -1.93. The van der Waals surface area contributed by atoms with Crippen molar-refractivity contribution in [2.45, 2.75) is 6.92 Å². The Morgan fingerprint density at radius 3 is 1.79 bits per heavy atom. The van der Waals surface area contributed by atoms with Gasteiger partial charge in [0.2, 0.25) is 0 Å². The molecule has 2 rings (SSSR count). The van der Waals surface area contributed by atoms with Crippen molar-refractivity contribution in [1.29, 1.82) is 0 Å². The van der Waals surface area contributed by atoms with Crippen LogP contribution in [-0.2, 0) is 9.59 Å². The Morgan fingerprint density at radius 1 is 0.833 bits per heavy atom. The maximum Gasteiger partial charge on any atom is 0.328 e. The Kier molecular flexibility index (Phi) is 7.51. The van der Waals surface area contributed by atoms with Gasteiger partial charge in [-0.25, -0.2) is 9.59 Å². The maximum atomic E-state index is 10.2. The Labute approximate surface area is 139 Å². The lowest BCUT2D eigenvalue weighted by atomic mass is 10.1. The summed E-state index contributed by atoms with van der Waals surface area (Å²) in [6.45, 7) is 1.97. The van der Waals surface area contributed by atoms with Crippen LogP contribution in [0, 0.1) is 6.92 Å². The monoisotopic (exact) mass is 326 g/mol. The van der Waals surface area contributed by atoms with Gasteiger partial charge in [0.1, 0.15) is 5.75 Å². The minimum Gasteiger partial charge on any atom is -0.508 e. The van der Waals surface area contributed by atoms with Crippen molar-refractivity contribution >= 4 is 24.1 Å². The number of phenols is 1. The summed E-state index contributed by atoms with van der Waals surface area (Å²) in [4.78, 5) is 20.3. The summed E-state index contributed by atoms with van der Waals surface area (Å²) in [5.41, 5.74) is 2.71. The first kappa shape index (κ1) is 18.7. The van der Waals surface area contributed by atoms with Crippen LogP contribution in [0.4, 0.5) is 0 Å². The lowest BCUT2D eigenvalue weighted by molar-refractivity contribution is -0.132. The van der Waals surface area contributed by atoms with Gasteiger partial charge in [0.15, 0.2) is 0 Å². The van der Waals surface area contributed by atoms with E-state index in [-0.39, 0.29) is 5.75 Å². The summed E-state index contributed by atoms with van der Waals surface area (Å²) in [6.07, 6.45) is 5.15. The van der Waals surface area contributed by atoms with Crippen LogP contribution in [0.5, 0.6) is 5.75 Å². The number of aryl methyl sites for hydroxylation is 1. The second-order valence-corrected chi connectivity index (χ2v) is 4.85. The summed E-state index contributed by atoms with van der Waals surface area (Å²) in [7, 11) is 0. The van der Waals surface area contributed by atoms with E-state index in [4.69, 9.17) is 15.3 Å². The molecule has 0 amide bonds. The highest BCUT2D eigenvalue weighted by Crippen LogP contribution is 2.11. The minimum absolute atomic E-state index is 0.127. The van der Waals surface area contributed by atoms with Crippen molar-refractivity contribution < 1.29 is 24.9 Å². The normalized spacial score (nSPS) is 10.4. The zero-order valence-electron chi connectivity index (χ0n) is 13.1. The van der Waals surface area contributed by atoms with Gasteiger partial charge in [0.25, 0.3) is 0 Å². The molecule has 0 aliphatic carbocycles. The summed E-state index contributed by atoms with van der Waals surface area (Å²) in [5, 5.41) is 25.6. The first-order chi connectivity index (χ1) is 11.4. The van der Waals surface area contributed by atoms with Gasteiger partial charge in [-0.15, -0.1) is 0 Å². The number of rotatable bonds is 4. The predicted molar refractivity (Wildman–Crippen MR) is 92.6 cm³/mol. The molecule has 0 saturated carbocycles. The van der Waals surface area contributed by atoms with Crippen molar-refractivity contribution in [1.82, 2.24) is 0 Å². The molecule has 5 nitrogen and oxygen atoms in total. The average Bonchev–Trinajstić information content (AvgIpc) is 2.52. The molecule has 0 bridgehead atoms. The molecule has 5 heteroatoms. The van der Waals surface area contributed by atoms with Crippen LogP contribution in [0.15, 0.2) is 60.7 Å². The third-order valence-electron chi connectivity index (χ3n) is 2.75. The first-order valence-electron chi connectivity index (χ1n) is 7.04. The van der Waals surface area contributed by atoms with E-state index in [2.05, 4.69) is 0 Å². The van der Waals surface area contributed by atoms with Crippen LogP contribution in [0.2, 0.25) is 0 Å². The van der Waals surface area contributed by atoms with Crippen LogP contribution in [0.1, 0.15) is 16.7 Å². The van der Waals surface area contributed by atoms with Gasteiger partial charge in [-0.05, 0) is 42.3 Å². The van der Waals surface area contributed by atoms with Crippen LogP contribution < -0.4 is 0 Å². The van der Waals surface area contributed by atoms with Gasteiger partial charge in [0, 0.05) is 12.2 Å². The standard InChI is InChI=1S/C10H10O2.C9H8O3/c1-8-3-2-4-9(7-8)5-6-10(11)12;10-8-3-1-2-7(6-8)4-5-9(11)12/h2-7H,1H3,(H,11,12);1-6,10H,(H,11,12)/b6-5+;5-4+. The molecule has 0 fully saturated rings. The highest BCUT2D eigenvalue weighted by Gasteiger charge is 1.91. The fourth-order valence-electron chi connectivity index (χ4n) is 1.74. The quantitative estimate of drug-likeness (QED) is 0.746. The molecule has 0 aliphatic rings. The number of aromatic hydroxyl groups is 1. The van der Waals surface area contributed by atoms with Crippen molar-refractivity contribution in [3.8, 4) is 5.75 Å². The summed E-state index contributed by atoms with van der Waals surface area (Å²) < 4.78 is 0. The van der Waals surface area contributed by atoms with Crippen molar-refractivity contribution in [2.75, 3.05) is 0 Å². The molecule has 0 radical (unpaired) electrons. The molecule has 0 unspecified atom stereocenters. The van der Waals surface area contributed by atoms with Gasteiger partial charge in [-0.3, -0.25) is 0 Å². The number of carboxylic acid groups (broad SMARTS) is 2. The molecular weight excluding hydrogens is 308 g/mol. The number of benzene rings is 2. The second-order valence-electron chi connectivity index (χ2n) is 4.85. The largest absolute Gasteiger partial charge is 0.508 e. The van der Waals surface area contributed by atoms with E-state index in [0.29, 0.717) is 5.56 Å². The number of hydrogen-bond donors (Lipinski definition) is 3. The lowest BCUT2D eigenvalue weighted by Crippen LogP contribution is -1.85. The number of phenolic OH excluding ortho intramolecular Hbond substituents is 1. The van der Waals surface area contributed by atoms with Crippen LogP contribution in [0.25, 0.3) is 12.2 Å². The summed E-state index contributed by atoms with van der Waals surface area (Å²) in [6, 6.07) is 14.0. The molecule has 124 valence electrons. The summed E-state index contributed by atoms with van der Waals surface area (Å²) >= 11 is 0. The predicted octanol–water partition coefficient (Wildman–Crippen LogP) is 3.58. The fourth-order valence-corrected chi connectivity index (χ4v) is 1.74. The number of carboxylic acids is 2. The second kappa shape index (κ2) is 9.63.